The Hall–Kier alpha value is -1.74. The van der Waals surface area contributed by atoms with E-state index in [2.05, 4.69) is 4.90 Å². The molecule has 28 heavy (non-hydrogen) atoms. The number of rotatable bonds is 7. The predicted octanol–water partition coefficient (Wildman–Crippen LogP) is 2.49. The third-order valence-electron chi connectivity index (χ3n) is 5.18. The Morgan fingerprint density at radius 2 is 1.79 bits per heavy atom. The molecule has 1 aromatic carbocycles. The highest BCUT2D eigenvalue weighted by atomic mass is 32.2. The van der Waals surface area contributed by atoms with Crippen molar-refractivity contribution in [2.24, 2.45) is 0 Å². The maximum atomic E-state index is 13.0. The lowest BCUT2D eigenvalue weighted by Crippen LogP contribution is -2.55. The van der Waals surface area contributed by atoms with Crippen molar-refractivity contribution in [1.29, 1.82) is 0 Å². The molecule has 2 aromatic rings. The minimum Gasteiger partial charge on any atom is -0.337 e. The predicted molar refractivity (Wildman–Crippen MR) is 112 cm³/mol. The summed E-state index contributed by atoms with van der Waals surface area (Å²) in [6, 6.07) is 13.1. The van der Waals surface area contributed by atoms with Gasteiger partial charge in [-0.05, 0) is 30.9 Å². The molecule has 0 spiro atoms. The zero-order chi connectivity index (χ0) is 20.1. The van der Waals surface area contributed by atoms with Gasteiger partial charge in [-0.3, -0.25) is 9.69 Å². The first-order valence-corrected chi connectivity index (χ1v) is 11.9. The summed E-state index contributed by atoms with van der Waals surface area (Å²) in [6.45, 7) is 7.06. The van der Waals surface area contributed by atoms with Gasteiger partial charge in [0, 0.05) is 39.3 Å². The van der Waals surface area contributed by atoms with Crippen molar-refractivity contribution in [1.82, 2.24) is 14.1 Å². The molecule has 0 radical (unpaired) electrons. The van der Waals surface area contributed by atoms with Gasteiger partial charge in [0.25, 0.3) is 10.0 Å². The Morgan fingerprint density at radius 3 is 2.36 bits per heavy atom. The average Bonchev–Trinajstić information content (AvgIpc) is 3.27. The van der Waals surface area contributed by atoms with Gasteiger partial charge < -0.3 is 4.90 Å². The summed E-state index contributed by atoms with van der Waals surface area (Å²) >= 11 is 1.24. The molecule has 0 N–H and O–H groups in total. The van der Waals surface area contributed by atoms with E-state index >= 15 is 0 Å². The summed E-state index contributed by atoms with van der Waals surface area (Å²) in [5, 5.41) is 1.77. The normalized spacial score (nSPS) is 17.4. The highest BCUT2D eigenvalue weighted by molar-refractivity contribution is 7.91. The molecule has 1 atom stereocenters. The summed E-state index contributed by atoms with van der Waals surface area (Å²) in [7, 11) is -3.42. The number of amides is 1. The summed E-state index contributed by atoms with van der Waals surface area (Å²) in [5.74, 6) is 0.0842. The van der Waals surface area contributed by atoms with Crippen LogP contribution in [0, 0.1) is 0 Å². The van der Waals surface area contributed by atoms with E-state index < -0.39 is 10.0 Å². The van der Waals surface area contributed by atoms with Crippen molar-refractivity contribution in [3.63, 3.8) is 0 Å². The molecule has 1 amide bonds. The number of sulfonamides is 1. The van der Waals surface area contributed by atoms with Crippen LogP contribution in [0.25, 0.3) is 0 Å². The van der Waals surface area contributed by atoms with Crippen molar-refractivity contribution in [2.75, 3.05) is 32.7 Å². The van der Waals surface area contributed by atoms with Crippen LogP contribution in [0.2, 0.25) is 0 Å². The fourth-order valence-electron chi connectivity index (χ4n) is 3.44. The number of piperazine rings is 1. The van der Waals surface area contributed by atoms with Gasteiger partial charge in [0.1, 0.15) is 4.21 Å². The van der Waals surface area contributed by atoms with Crippen molar-refractivity contribution >= 4 is 27.3 Å². The van der Waals surface area contributed by atoms with Gasteiger partial charge in [-0.15, -0.1) is 11.3 Å². The number of carbonyl (C=O) groups is 1. The minimum absolute atomic E-state index is 0.0842. The third kappa shape index (κ3) is 4.63. The largest absolute Gasteiger partial charge is 0.337 e. The van der Waals surface area contributed by atoms with Gasteiger partial charge in [-0.25, -0.2) is 8.42 Å². The van der Waals surface area contributed by atoms with Crippen LogP contribution in [0.3, 0.4) is 0 Å². The quantitative estimate of drug-likeness (QED) is 0.689. The molecule has 1 aliphatic rings. The smallest absolute Gasteiger partial charge is 0.252 e. The first kappa shape index (κ1) is 21.0. The molecule has 6 nitrogen and oxygen atoms in total. The summed E-state index contributed by atoms with van der Waals surface area (Å²) in [5.41, 5.74) is 1.11. The molecule has 2 heterocycles. The molecule has 1 saturated heterocycles. The lowest BCUT2D eigenvalue weighted by atomic mass is 10.1. The summed E-state index contributed by atoms with van der Waals surface area (Å²) in [4.78, 5) is 16.9. The van der Waals surface area contributed by atoms with Crippen LogP contribution in [-0.2, 0) is 21.4 Å². The van der Waals surface area contributed by atoms with Gasteiger partial charge >= 0.3 is 0 Å². The Balaban J connectivity index is 1.59. The fourth-order valence-corrected chi connectivity index (χ4v) is 6.01. The monoisotopic (exact) mass is 421 g/mol. The molecule has 1 aromatic heterocycles. The number of hydrogen-bond acceptors (Lipinski definition) is 5. The van der Waals surface area contributed by atoms with Crippen molar-refractivity contribution in [3.05, 3.63) is 53.4 Å². The van der Waals surface area contributed by atoms with Crippen LogP contribution in [-0.4, -0.2) is 67.2 Å². The van der Waals surface area contributed by atoms with Crippen molar-refractivity contribution < 1.29 is 13.2 Å². The number of thiophene rings is 1. The molecule has 0 aliphatic carbocycles. The van der Waals surface area contributed by atoms with E-state index in [1.807, 2.05) is 49.1 Å². The van der Waals surface area contributed by atoms with Gasteiger partial charge in [-0.2, -0.15) is 4.31 Å². The SMILES string of the molecule is CCN(Cc1ccccc1)C(=O)[C@@H](C)N1CCN(S(=O)(=O)c2cccs2)CC1. The van der Waals surface area contributed by atoms with E-state index in [0.717, 1.165) is 5.56 Å². The number of benzene rings is 1. The summed E-state index contributed by atoms with van der Waals surface area (Å²) < 4.78 is 27.2. The molecule has 0 bridgehead atoms. The lowest BCUT2D eigenvalue weighted by Gasteiger charge is -2.38. The molecule has 3 rings (SSSR count). The zero-order valence-corrected chi connectivity index (χ0v) is 18.0. The Morgan fingerprint density at radius 1 is 1.11 bits per heavy atom. The second kappa shape index (κ2) is 9.17. The van der Waals surface area contributed by atoms with Crippen LogP contribution in [0.4, 0.5) is 0 Å². The molecular formula is C20H27N3O3S2. The number of carbonyl (C=O) groups excluding carboxylic acids is 1. The van der Waals surface area contributed by atoms with E-state index in [4.69, 9.17) is 0 Å². The van der Waals surface area contributed by atoms with Crippen molar-refractivity contribution in [3.8, 4) is 0 Å². The molecule has 8 heteroatoms. The molecule has 0 unspecified atom stereocenters. The van der Waals surface area contributed by atoms with Gasteiger partial charge in [0.2, 0.25) is 5.91 Å². The third-order valence-corrected chi connectivity index (χ3v) is 8.45. The lowest BCUT2D eigenvalue weighted by molar-refractivity contribution is -0.137. The van der Waals surface area contributed by atoms with Crippen molar-refractivity contribution in [2.45, 2.75) is 30.6 Å². The highest BCUT2D eigenvalue weighted by Gasteiger charge is 2.33. The standard InChI is InChI=1S/C20H27N3O3S2/c1-3-21(16-18-8-5-4-6-9-18)20(24)17(2)22-11-13-23(14-12-22)28(25,26)19-10-7-15-27-19/h4-10,15,17H,3,11-14,16H2,1-2H3/t17-/m1/s1. The van der Waals surface area contributed by atoms with E-state index in [0.29, 0.717) is 43.5 Å². The first-order chi connectivity index (χ1) is 13.4. The maximum Gasteiger partial charge on any atom is 0.252 e. The highest BCUT2D eigenvalue weighted by Crippen LogP contribution is 2.22. The zero-order valence-electron chi connectivity index (χ0n) is 16.3. The van der Waals surface area contributed by atoms with Crippen LogP contribution in [0.5, 0.6) is 0 Å². The number of likely N-dealkylation sites (N-methyl/N-ethyl adjacent to an activating group) is 1. The van der Waals surface area contributed by atoms with E-state index in [1.54, 1.807) is 17.5 Å². The van der Waals surface area contributed by atoms with E-state index in [1.165, 1.54) is 15.6 Å². The minimum atomic E-state index is -3.42. The fraction of sp³-hybridized carbons (Fsp3) is 0.450. The van der Waals surface area contributed by atoms with Gasteiger partial charge in [-0.1, -0.05) is 36.4 Å². The maximum absolute atomic E-state index is 13.0. The van der Waals surface area contributed by atoms with E-state index in [-0.39, 0.29) is 11.9 Å². The van der Waals surface area contributed by atoms with Crippen LogP contribution in [0.1, 0.15) is 19.4 Å². The molecule has 0 saturated carbocycles. The Bertz CT molecular complexity index is 861. The first-order valence-electron chi connectivity index (χ1n) is 9.54. The molecule has 1 fully saturated rings. The number of nitrogens with zero attached hydrogens (tertiary/aromatic N) is 3. The van der Waals surface area contributed by atoms with Gasteiger partial charge in [0.15, 0.2) is 0 Å². The van der Waals surface area contributed by atoms with Crippen LogP contribution < -0.4 is 0 Å². The average molecular weight is 422 g/mol. The second-order valence-corrected chi connectivity index (χ2v) is 10.00. The van der Waals surface area contributed by atoms with Gasteiger partial charge in [0.05, 0.1) is 6.04 Å². The van der Waals surface area contributed by atoms with E-state index in [9.17, 15) is 13.2 Å². The summed E-state index contributed by atoms with van der Waals surface area (Å²) in [6.07, 6.45) is 0. The Kier molecular flexibility index (Phi) is 6.87. The molecular weight excluding hydrogens is 394 g/mol. The second-order valence-electron chi connectivity index (χ2n) is 6.89. The molecule has 1 aliphatic heterocycles. The molecule has 152 valence electrons. The van der Waals surface area contributed by atoms with Crippen LogP contribution >= 0.6 is 11.3 Å². The number of hydrogen-bond donors (Lipinski definition) is 0. The Labute approximate surface area is 171 Å². The topological polar surface area (TPSA) is 60.9 Å². The van der Waals surface area contributed by atoms with Crippen LogP contribution in [0.15, 0.2) is 52.1 Å².